The molecule has 0 saturated heterocycles. The topological polar surface area (TPSA) is 84.8 Å². The summed E-state index contributed by atoms with van der Waals surface area (Å²) in [6.07, 6.45) is 1.43. The molecule has 1 heterocycles. The Morgan fingerprint density at radius 2 is 2.18 bits per heavy atom. The van der Waals surface area contributed by atoms with E-state index in [9.17, 15) is 0 Å². The van der Waals surface area contributed by atoms with Crippen molar-refractivity contribution in [2.24, 2.45) is 0 Å². The second-order valence-electron chi connectivity index (χ2n) is 3.12. The third kappa shape index (κ3) is 2.62. The number of nitrogens with two attached hydrogens (primary N) is 1. The first-order chi connectivity index (χ1) is 8.19. The number of anilines is 1. The number of aromatic nitrogens is 2. The molecule has 0 saturated carbocycles. The van der Waals surface area contributed by atoms with Gasteiger partial charge in [0, 0.05) is 17.3 Å². The molecule has 0 aliphatic rings. The molecule has 0 aliphatic heterocycles. The first-order valence-corrected chi connectivity index (χ1v) is 5.03. The van der Waals surface area contributed by atoms with Gasteiger partial charge in [-0.05, 0) is 18.2 Å². The van der Waals surface area contributed by atoms with Crippen molar-refractivity contribution in [1.29, 1.82) is 5.26 Å². The molecule has 0 bridgehead atoms. The van der Waals surface area contributed by atoms with E-state index in [2.05, 4.69) is 9.97 Å². The van der Waals surface area contributed by atoms with Crippen LogP contribution < -0.4 is 10.5 Å². The lowest BCUT2D eigenvalue weighted by atomic mass is 10.3. The molecule has 0 spiro atoms. The SMILES string of the molecule is N#Cc1ccnc(Oc2cc(Cl)ccc2N)n1. The van der Waals surface area contributed by atoms with Crippen molar-refractivity contribution < 1.29 is 4.74 Å². The van der Waals surface area contributed by atoms with Crippen molar-refractivity contribution in [3.8, 4) is 17.8 Å². The van der Waals surface area contributed by atoms with Crippen molar-refractivity contribution in [2.75, 3.05) is 5.73 Å². The molecule has 6 heteroatoms. The summed E-state index contributed by atoms with van der Waals surface area (Å²) in [4.78, 5) is 7.73. The van der Waals surface area contributed by atoms with Gasteiger partial charge in [0.25, 0.3) is 0 Å². The van der Waals surface area contributed by atoms with Crippen molar-refractivity contribution in [3.63, 3.8) is 0 Å². The van der Waals surface area contributed by atoms with E-state index in [1.54, 1.807) is 18.2 Å². The monoisotopic (exact) mass is 246 g/mol. The Morgan fingerprint density at radius 3 is 2.94 bits per heavy atom. The van der Waals surface area contributed by atoms with Crippen LogP contribution in [0.3, 0.4) is 0 Å². The van der Waals surface area contributed by atoms with E-state index in [0.29, 0.717) is 16.5 Å². The number of nitrogens with zero attached hydrogens (tertiary/aromatic N) is 3. The first kappa shape index (κ1) is 11.2. The summed E-state index contributed by atoms with van der Waals surface area (Å²) in [7, 11) is 0. The zero-order chi connectivity index (χ0) is 12.3. The fraction of sp³-hybridized carbons (Fsp3) is 0. The highest BCUT2D eigenvalue weighted by molar-refractivity contribution is 6.30. The van der Waals surface area contributed by atoms with Gasteiger partial charge in [0.1, 0.15) is 11.8 Å². The van der Waals surface area contributed by atoms with Crippen LogP contribution in [0.2, 0.25) is 5.02 Å². The number of hydrogen-bond acceptors (Lipinski definition) is 5. The summed E-state index contributed by atoms with van der Waals surface area (Å²) in [6, 6.07) is 8.25. The van der Waals surface area contributed by atoms with Gasteiger partial charge in [0.05, 0.1) is 5.69 Å². The Hall–Kier alpha value is -2.32. The fourth-order valence-electron chi connectivity index (χ4n) is 1.15. The molecule has 84 valence electrons. The Kier molecular flexibility index (Phi) is 3.08. The summed E-state index contributed by atoms with van der Waals surface area (Å²) in [6.45, 7) is 0. The van der Waals surface area contributed by atoms with Gasteiger partial charge >= 0.3 is 6.01 Å². The van der Waals surface area contributed by atoms with E-state index in [1.807, 2.05) is 6.07 Å². The Balaban J connectivity index is 2.31. The van der Waals surface area contributed by atoms with Crippen molar-refractivity contribution >= 4 is 17.3 Å². The highest BCUT2D eigenvalue weighted by atomic mass is 35.5. The van der Waals surface area contributed by atoms with E-state index in [1.165, 1.54) is 12.3 Å². The normalized spacial score (nSPS) is 9.65. The van der Waals surface area contributed by atoms with Crippen LogP contribution in [0, 0.1) is 11.3 Å². The highest BCUT2D eigenvalue weighted by Gasteiger charge is 2.06. The maximum atomic E-state index is 8.69. The van der Waals surface area contributed by atoms with Crippen LogP contribution in [-0.4, -0.2) is 9.97 Å². The smallest absolute Gasteiger partial charge is 0.323 e. The van der Waals surface area contributed by atoms with Gasteiger partial charge in [-0.3, -0.25) is 0 Å². The molecule has 0 fully saturated rings. The van der Waals surface area contributed by atoms with E-state index >= 15 is 0 Å². The maximum Gasteiger partial charge on any atom is 0.323 e. The molecule has 0 radical (unpaired) electrons. The predicted octanol–water partition coefficient (Wildman–Crippen LogP) is 2.38. The third-order valence-corrected chi connectivity index (χ3v) is 2.16. The molecule has 0 unspecified atom stereocenters. The van der Waals surface area contributed by atoms with Gasteiger partial charge in [-0.1, -0.05) is 11.6 Å². The molecular weight excluding hydrogens is 240 g/mol. The number of nitrogen functional groups attached to an aromatic ring is 1. The summed E-state index contributed by atoms with van der Waals surface area (Å²) >= 11 is 5.81. The number of hydrogen-bond donors (Lipinski definition) is 1. The van der Waals surface area contributed by atoms with Crippen molar-refractivity contribution in [1.82, 2.24) is 9.97 Å². The molecule has 2 rings (SSSR count). The summed E-state index contributed by atoms with van der Waals surface area (Å²) in [5, 5.41) is 9.18. The van der Waals surface area contributed by atoms with Gasteiger partial charge in [-0.25, -0.2) is 4.98 Å². The number of nitriles is 1. The minimum absolute atomic E-state index is 0.0537. The molecule has 0 aliphatic carbocycles. The van der Waals surface area contributed by atoms with Crippen LogP contribution in [0.4, 0.5) is 5.69 Å². The lowest BCUT2D eigenvalue weighted by Crippen LogP contribution is -1.96. The van der Waals surface area contributed by atoms with Crippen LogP contribution in [-0.2, 0) is 0 Å². The zero-order valence-electron chi connectivity index (χ0n) is 8.59. The number of benzene rings is 1. The molecule has 17 heavy (non-hydrogen) atoms. The van der Waals surface area contributed by atoms with Gasteiger partial charge in [0.2, 0.25) is 0 Å². The highest BCUT2D eigenvalue weighted by Crippen LogP contribution is 2.28. The lowest BCUT2D eigenvalue weighted by Gasteiger charge is -2.06. The van der Waals surface area contributed by atoms with Crippen molar-refractivity contribution in [3.05, 3.63) is 41.2 Å². The van der Waals surface area contributed by atoms with E-state index in [0.717, 1.165) is 0 Å². The van der Waals surface area contributed by atoms with Crippen LogP contribution >= 0.6 is 11.6 Å². The molecule has 2 N–H and O–H groups in total. The average Bonchev–Trinajstić information content (AvgIpc) is 2.34. The maximum absolute atomic E-state index is 8.69. The van der Waals surface area contributed by atoms with Gasteiger partial charge < -0.3 is 10.5 Å². The minimum Gasteiger partial charge on any atom is -0.422 e. The van der Waals surface area contributed by atoms with Crippen LogP contribution in [0.15, 0.2) is 30.5 Å². The van der Waals surface area contributed by atoms with Crippen LogP contribution in [0.25, 0.3) is 0 Å². The molecule has 2 aromatic rings. The molecule has 0 amide bonds. The molecule has 1 aromatic carbocycles. The van der Waals surface area contributed by atoms with Gasteiger partial charge in [-0.2, -0.15) is 10.2 Å². The lowest BCUT2D eigenvalue weighted by molar-refractivity contribution is 0.443. The molecule has 0 atom stereocenters. The van der Waals surface area contributed by atoms with Gasteiger partial charge in [0.15, 0.2) is 5.75 Å². The van der Waals surface area contributed by atoms with E-state index in [-0.39, 0.29) is 11.7 Å². The number of ether oxygens (including phenoxy) is 1. The summed E-state index contributed by atoms with van der Waals surface area (Å²) < 4.78 is 5.35. The molecular formula is C11H7ClN4O. The average molecular weight is 247 g/mol. The second-order valence-corrected chi connectivity index (χ2v) is 3.56. The van der Waals surface area contributed by atoms with E-state index in [4.69, 9.17) is 27.3 Å². The molecule has 5 nitrogen and oxygen atoms in total. The van der Waals surface area contributed by atoms with Gasteiger partial charge in [-0.15, -0.1) is 0 Å². The minimum atomic E-state index is 0.0537. The standard InChI is InChI=1S/C11H7ClN4O/c12-7-1-2-9(14)10(5-7)17-11-15-4-3-8(6-13)16-11/h1-5H,14H2. The van der Waals surface area contributed by atoms with Crippen molar-refractivity contribution in [2.45, 2.75) is 0 Å². The zero-order valence-corrected chi connectivity index (χ0v) is 9.35. The number of halogens is 1. The van der Waals surface area contributed by atoms with E-state index < -0.39 is 0 Å². The first-order valence-electron chi connectivity index (χ1n) is 4.65. The second kappa shape index (κ2) is 4.68. The summed E-state index contributed by atoms with van der Waals surface area (Å²) in [5.41, 5.74) is 6.34. The fourth-order valence-corrected chi connectivity index (χ4v) is 1.31. The Labute approximate surface area is 102 Å². The number of rotatable bonds is 2. The Bertz CT molecular complexity index is 594. The third-order valence-electron chi connectivity index (χ3n) is 1.92. The largest absolute Gasteiger partial charge is 0.422 e. The Morgan fingerprint density at radius 1 is 1.35 bits per heavy atom. The summed E-state index contributed by atoms with van der Waals surface area (Å²) in [5.74, 6) is 0.354. The van der Waals surface area contributed by atoms with Crippen LogP contribution in [0.1, 0.15) is 5.69 Å². The van der Waals surface area contributed by atoms with Crippen LogP contribution in [0.5, 0.6) is 11.8 Å². The predicted molar refractivity (Wildman–Crippen MR) is 62.7 cm³/mol. The quantitative estimate of drug-likeness (QED) is 0.823. The molecule has 1 aromatic heterocycles.